The molecule has 1 aromatic heterocycles. The van der Waals surface area contributed by atoms with E-state index in [0.717, 1.165) is 86.1 Å². The fourth-order valence-corrected chi connectivity index (χ4v) is 4.83. The van der Waals surface area contributed by atoms with Gasteiger partial charge in [-0.1, -0.05) is 0 Å². The number of fused-ring (bicyclic) bond motifs is 1. The summed E-state index contributed by atoms with van der Waals surface area (Å²) in [6.07, 6.45) is 6.25. The van der Waals surface area contributed by atoms with E-state index in [1.54, 1.807) is 0 Å². The fraction of sp³-hybridized carbons (Fsp3) is 0.565. The van der Waals surface area contributed by atoms with Crippen molar-refractivity contribution in [3.05, 3.63) is 23.9 Å². The molecule has 3 aliphatic rings. The number of anilines is 2. The van der Waals surface area contributed by atoms with Gasteiger partial charge >= 0.3 is 6.09 Å². The van der Waals surface area contributed by atoms with Crippen molar-refractivity contribution in [2.24, 2.45) is 7.05 Å². The third-order valence-corrected chi connectivity index (χ3v) is 6.82. The maximum atomic E-state index is 12.0. The fourth-order valence-electron chi connectivity index (χ4n) is 4.83. The summed E-state index contributed by atoms with van der Waals surface area (Å²) in [6.45, 7) is 5.76. The summed E-state index contributed by atoms with van der Waals surface area (Å²) < 4.78 is 8.58. The molecule has 1 saturated heterocycles. The van der Waals surface area contributed by atoms with E-state index < -0.39 is 6.09 Å². The summed E-state index contributed by atoms with van der Waals surface area (Å²) >= 11 is 0. The van der Waals surface area contributed by atoms with Crippen LogP contribution in [0.2, 0.25) is 0 Å². The van der Waals surface area contributed by atoms with Gasteiger partial charge in [0, 0.05) is 56.6 Å². The quantitative estimate of drug-likeness (QED) is 0.783. The van der Waals surface area contributed by atoms with Crippen molar-refractivity contribution in [1.82, 2.24) is 14.9 Å². The molecular weight excluding hydrogens is 394 g/mol. The highest BCUT2D eigenvalue weighted by atomic mass is 16.5. The maximum Gasteiger partial charge on any atom is 0.412 e. The Morgan fingerprint density at radius 2 is 2.00 bits per heavy atom. The molecule has 0 unspecified atom stereocenters. The molecule has 1 aliphatic carbocycles. The van der Waals surface area contributed by atoms with Crippen LogP contribution in [0.4, 0.5) is 16.4 Å². The van der Waals surface area contributed by atoms with Crippen molar-refractivity contribution in [2.45, 2.75) is 51.2 Å². The zero-order valence-electron chi connectivity index (χ0n) is 18.3. The van der Waals surface area contributed by atoms with E-state index in [0.29, 0.717) is 0 Å². The predicted molar refractivity (Wildman–Crippen MR) is 120 cm³/mol. The van der Waals surface area contributed by atoms with Gasteiger partial charge in [-0.15, -0.1) is 0 Å². The molecule has 2 aliphatic heterocycles. The summed E-state index contributed by atoms with van der Waals surface area (Å²) in [6, 6.07) is 3.88. The zero-order chi connectivity index (χ0) is 21.5. The minimum Gasteiger partial charge on any atom is -0.489 e. The van der Waals surface area contributed by atoms with Gasteiger partial charge in [-0.2, -0.15) is 0 Å². The first kappa shape index (κ1) is 20.2. The lowest BCUT2D eigenvalue weighted by molar-refractivity contribution is 0.119. The van der Waals surface area contributed by atoms with Gasteiger partial charge in [-0.25, -0.2) is 9.78 Å². The standard InChI is InChI=1S/C23H31N5O3/c1-15-6-7-18-20(28(15)23(29)30)9-8-17(21(18)31-16-4-3-5-16)19-14-26(2)22(25-19)27-12-10-24-11-13-27/h8-9,14-16,24H,3-7,10-13H2,1-2H3,(H,29,30)/t15-/m0/s1. The molecule has 5 rings (SSSR count). The van der Waals surface area contributed by atoms with Crippen LogP contribution in [-0.4, -0.2) is 59.1 Å². The Morgan fingerprint density at radius 3 is 2.68 bits per heavy atom. The highest BCUT2D eigenvalue weighted by molar-refractivity contribution is 5.91. The molecule has 0 radical (unpaired) electrons. The minimum absolute atomic E-state index is 0.0402. The van der Waals surface area contributed by atoms with E-state index in [1.165, 1.54) is 11.3 Å². The Balaban J connectivity index is 1.58. The van der Waals surface area contributed by atoms with Crippen LogP contribution in [0.5, 0.6) is 5.75 Å². The minimum atomic E-state index is -0.908. The number of rotatable bonds is 4. The SMILES string of the molecule is C[C@H]1CCc2c(ccc(-c3cn(C)c(N4CCNCC4)n3)c2OC2CCC2)N1C(=O)O. The van der Waals surface area contributed by atoms with E-state index >= 15 is 0 Å². The third-order valence-electron chi connectivity index (χ3n) is 6.82. The van der Waals surface area contributed by atoms with Crippen LogP contribution in [0.1, 0.15) is 38.2 Å². The van der Waals surface area contributed by atoms with Gasteiger partial charge in [-0.3, -0.25) is 4.90 Å². The molecule has 3 heterocycles. The number of benzene rings is 1. The summed E-state index contributed by atoms with van der Waals surface area (Å²) in [5.41, 5.74) is 3.60. The molecule has 8 nitrogen and oxygen atoms in total. The van der Waals surface area contributed by atoms with Crippen LogP contribution in [0.15, 0.2) is 18.3 Å². The Labute approximate surface area is 182 Å². The number of imidazole rings is 1. The van der Waals surface area contributed by atoms with Crippen LogP contribution in [0.3, 0.4) is 0 Å². The van der Waals surface area contributed by atoms with Gasteiger partial charge in [0.1, 0.15) is 5.75 Å². The summed E-state index contributed by atoms with van der Waals surface area (Å²) in [4.78, 5) is 20.7. The first-order valence-corrected chi connectivity index (χ1v) is 11.4. The van der Waals surface area contributed by atoms with E-state index in [4.69, 9.17) is 9.72 Å². The number of carboxylic acid groups (broad SMARTS) is 1. The molecule has 1 aromatic carbocycles. The highest BCUT2D eigenvalue weighted by Gasteiger charge is 2.33. The Hall–Kier alpha value is -2.74. The summed E-state index contributed by atoms with van der Waals surface area (Å²) in [5, 5.41) is 13.2. The molecule has 166 valence electrons. The first-order valence-electron chi connectivity index (χ1n) is 11.4. The summed E-state index contributed by atoms with van der Waals surface area (Å²) in [5.74, 6) is 1.79. The average Bonchev–Trinajstić information content (AvgIpc) is 3.12. The molecule has 31 heavy (non-hydrogen) atoms. The number of aryl methyl sites for hydroxylation is 1. The normalized spacial score (nSPS) is 21.5. The second kappa shape index (κ2) is 8.07. The van der Waals surface area contributed by atoms with Crippen molar-refractivity contribution in [3.63, 3.8) is 0 Å². The molecule has 1 saturated carbocycles. The number of aromatic nitrogens is 2. The number of piperazine rings is 1. The molecule has 8 heteroatoms. The Kier molecular flexibility index (Phi) is 5.25. The molecule has 0 spiro atoms. The number of nitrogens with zero attached hydrogens (tertiary/aromatic N) is 4. The van der Waals surface area contributed by atoms with Crippen molar-refractivity contribution in [2.75, 3.05) is 36.0 Å². The molecule has 2 fully saturated rings. The predicted octanol–water partition coefficient (Wildman–Crippen LogP) is 3.25. The van der Waals surface area contributed by atoms with Crippen LogP contribution < -0.4 is 19.9 Å². The van der Waals surface area contributed by atoms with E-state index in [-0.39, 0.29) is 12.1 Å². The lowest BCUT2D eigenvalue weighted by Crippen LogP contribution is -2.44. The number of ether oxygens (including phenoxy) is 1. The molecule has 1 amide bonds. The van der Waals surface area contributed by atoms with E-state index in [2.05, 4.69) is 21.0 Å². The highest BCUT2D eigenvalue weighted by Crippen LogP contribution is 2.44. The Bertz CT molecular complexity index is 978. The lowest BCUT2D eigenvalue weighted by Gasteiger charge is -2.36. The monoisotopic (exact) mass is 425 g/mol. The van der Waals surface area contributed by atoms with Crippen molar-refractivity contribution in [1.29, 1.82) is 0 Å². The largest absolute Gasteiger partial charge is 0.489 e. The topological polar surface area (TPSA) is 82.9 Å². The van der Waals surface area contributed by atoms with Crippen molar-refractivity contribution in [3.8, 4) is 17.0 Å². The third kappa shape index (κ3) is 3.63. The number of hydrogen-bond acceptors (Lipinski definition) is 5. The number of hydrogen-bond donors (Lipinski definition) is 2. The molecule has 2 N–H and O–H groups in total. The van der Waals surface area contributed by atoms with Crippen LogP contribution in [0.25, 0.3) is 11.3 Å². The number of carbonyl (C=O) groups is 1. The average molecular weight is 426 g/mol. The molecular formula is C23H31N5O3. The van der Waals surface area contributed by atoms with Gasteiger partial charge < -0.3 is 24.6 Å². The number of amides is 1. The van der Waals surface area contributed by atoms with E-state index in [9.17, 15) is 9.90 Å². The van der Waals surface area contributed by atoms with Crippen molar-refractivity contribution < 1.29 is 14.6 Å². The molecule has 2 aromatic rings. The van der Waals surface area contributed by atoms with Gasteiger partial charge in [0.05, 0.1) is 17.5 Å². The molecule has 0 bridgehead atoms. The first-order chi connectivity index (χ1) is 15.0. The number of nitrogens with one attached hydrogen (secondary N) is 1. The lowest BCUT2D eigenvalue weighted by atomic mass is 9.92. The Morgan fingerprint density at radius 1 is 1.23 bits per heavy atom. The second-order valence-corrected chi connectivity index (χ2v) is 8.93. The van der Waals surface area contributed by atoms with Crippen LogP contribution in [0, 0.1) is 0 Å². The van der Waals surface area contributed by atoms with Gasteiger partial charge in [0.25, 0.3) is 0 Å². The van der Waals surface area contributed by atoms with Crippen LogP contribution in [-0.2, 0) is 13.5 Å². The van der Waals surface area contributed by atoms with Gasteiger partial charge in [0.2, 0.25) is 5.95 Å². The molecule has 1 atom stereocenters. The maximum absolute atomic E-state index is 12.0. The zero-order valence-corrected chi connectivity index (χ0v) is 18.3. The van der Waals surface area contributed by atoms with Crippen LogP contribution >= 0.6 is 0 Å². The van der Waals surface area contributed by atoms with Gasteiger partial charge in [-0.05, 0) is 51.2 Å². The van der Waals surface area contributed by atoms with Gasteiger partial charge in [0.15, 0.2) is 0 Å². The van der Waals surface area contributed by atoms with Crippen molar-refractivity contribution >= 4 is 17.7 Å². The van der Waals surface area contributed by atoms with E-state index in [1.807, 2.05) is 26.1 Å². The second-order valence-electron chi connectivity index (χ2n) is 8.93. The summed E-state index contributed by atoms with van der Waals surface area (Å²) in [7, 11) is 2.03. The smallest absolute Gasteiger partial charge is 0.412 e.